The molecule has 9 heteroatoms. The second-order valence-corrected chi connectivity index (χ2v) is 8.68. The van der Waals surface area contributed by atoms with Crippen molar-refractivity contribution in [2.75, 3.05) is 19.1 Å². The maximum Gasteiger partial charge on any atom is 0.328 e. The van der Waals surface area contributed by atoms with E-state index in [0.717, 1.165) is 5.56 Å². The van der Waals surface area contributed by atoms with Crippen molar-refractivity contribution < 1.29 is 19.1 Å². The van der Waals surface area contributed by atoms with Crippen LogP contribution in [0.1, 0.15) is 32.8 Å². The zero-order valence-electron chi connectivity index (χ0n) is 19.1. The van der Waals surface area contributed by atoms with Gasteiger partial charge in [-0.05, 0) is 41.7 Å². The lowest BCUT2D eigenvalue weighted by Gasteiger charge is -2.18. The van der Waals surface area contributed by atoms with Gasteiger partial charge in [-0.15, -0.1) is 0 Å². The Morgan fingerprint density at radius 3 is 2.59 bits per heavy atom. The Balaban J connectivity index is 1.91. The number of amides is 1. The first-order valence-electron chi connectivity index (χ1n) is 10.8. The van der Waals surface area contributed by atoms with Gasteiger partial charge < -0.3 is 20.8 Å². The molecule has 1 amide bonds. The van der Waals surface area contributed by atoms with Crippen molar-refractivity contribution in [3.05, 3.63) is 77.9 Å². The third-order valence-electron chi connectivity index (χ3n) is 5.36. The van der Waals surface area contributed by atoms with Gasteiger partial charge in [-0.25, -0.2) is 9.78 Å². The summed E-state index contributed by atoms with van der Waals surface area (Å²) in [4.78, 5) is 45.4. The number of aromatic nitrogens is 2. The highest BCUT2D eigenvalue weighted by molar-refractivity contribution is 7.98. The van der Waals surface area contributed by atoms with E-state index in [1.54, 1.807) is 36.2 Å². The average Bonchev–Trinajstić information content (AvgIpc) is 3.38. The molecule has 0 saturated carbocycles. The summed E-state index contributed by atoms with van der Waals surface area (Å²) in [5.41, 5.74) is 8.93. The minimum atomic E-state index is -0.776. The highest BCUT2D eigenvalue weighted by Gasteiger charge is 2.25. The molecule has 3 rings (SSSR count). The van der Waals surface area contributed by atoms with Crippen LogP contribution in [-0.4, -0.2) is 58.8 Å². The molecule has 3 aromatic rings. The Bertz CT molecular complexity index is 1120. The van der Waals surface area contributed by atoms with Gasteiger partial charge in [0.05, 0.1) is 25.2 Å². The molecule has 1 heterocycles. The first-order valence-corrected chi connectivity index (χ1v) is 12.2. The van der Waals surface area contributed by atoms with Gasteiger partial charge >= 0.3 is 5.97 Å². The molecule has 0 aliphatic rings. The molecular weight excluding hydrogens is 452 g/mol. The van der Waals surface area contributed by atoms with E-state index in [0.29, 0.717) is 41.0 Å². The van der Waals surface area contributed by atoms with Crippen molar-refractivity contribution >= 4 is 29.4 Å². The lowest BCUT2D eigenvalue weighted by atomic mass is 9.93. The number of methoxy groups -OCH3 is 1. The Kier molecular flexibility index (Phi) is 9.00. The van der Waals surface area contributed by atoms with Crippen LogP contribution < -0.4 is 11.1 Å². The summed E-state index contributed by atoms with van der Waals surface area (Å²) >= 11 is 1.57. The van der Waals surface area contributed by atoms with Gasteiger partial charge in [0.25, 0.3) is 5.91 Å². The predicted molar refractivity (Wildman–Crippen MR) is 133 cm³/mol. The minimum Gasteiger partial charge on any atom is -0.467 e. The van der Waals surface area contributed by atoms with Gasteiger partial charge in [0.1, 0.15) is 6.04 Å². The number of imidazole rings is 1. The molecule has 2 atom stereocenters. The fourth-order valence-electron chi connectivity index (χ4n) is 3.55. The van der Waals surface area contributed by atoms with Crippen LogP contribution in [0.2, 0.25) is 0 Å². The number of hydrogen-bond donors (Lipinski definition) is 3. The first kappa shape index (κ1) is 25.2. The summed E-state index contributed by atoms with van der Waals surface area (Å²) in [5, 5.41) is 2.78. The molecule has 0 fully saturated rings. The van der Waals surface area contributed by atoms with E-state index in [4.69, 9.17) is 10.5 Å². The van der Waals surface area contributed by atoms with Crippen molar-refractivity contribution in [2.24, 2.45) is 5.73 Å². The van der Waals surface area contributed by atoms with E-state index in [1.165, 1.54) is 13.4 Å². The van der Waals surface area contributed by atoms with Crippen molar-refractivity contribution in [2.45, 2.75) is 24.9 Å². The Morgan fingerprint density at radius 2 is 1.94 bits per heavy atom. The Labute approximate surface area is 202 Å². The van der Waals surface area contributed by atoms with E-state index in [1.807, 2.05) is 36.6 Å². The Morgan fingerprint density at radius 1 is 1.18 bits per heavy atom. The number of esters is 1. The number of ether oxygens (including phenoxy) is 1. The number of nitrogens with two attached hydrogens (primary N) is 1. The van der Waals surface area contributed by atoms with E-state index >= 15 is 0 Å². The molecule has 0 aliphatic carbocycles. The second kappa shape index (κ2) is 12.2. The van der Waals surface area contributed by atoms with Crippen LogP contribution in [0.5, 0.6) is 0 Å². The number of thioether (sulfide) groups is 1. The maximum atomic E-state index is 13.2. The van der Waals surface area contributed by atoms with Crippen LogP contribution in [0, 0.1) is 0 Å². The minimum absolute atomic E-state index is 0.250. The first-order chi connectivity index (χ1) is 16.4. The van der Waals surface area contributed by atoms with Crippen LogP contribution in [0.25, 0.3) is 11.1 Å². The van der Waals surface area contributed by atoms with Gasteiger partial charge in [-0.2, -0.15) is 11.8 Å². The number of carbonyl (C=O) groups is 3. The molecule has 8 nitrogen and oxygen atoms in total. The zero-order valence-corrected chi connectivity index (χ0v) is 19.9. The number of nitrogens with zero attached hydrogens (tertiary/aromatic N) is 1. The fraction of sp³-hybridized carbons (Fsp3) is 0.280. The van der Waals surface area contributed by atoms with Crippen LogP contribution in [0.15, 0.2) is 61.1 Å². The van der Waals surface area contributed by atoms with Crippen molar-refractivity contribution in [1.29, 1.82) is 0 Å². The fourth-order valence-corrected chi connectivity index (χ4v) is 4.02. The third kappa shape index (κ3) is 6.33. The number of Topliss-reactive ketones (excluding diaryl/α,β-unsaturated/α-hetero) is 1. The van der Waals surface area contributed by atoms with Crippen LogP contribution >= 0.6 is 11.8 Å². The highest BCUT2D eigenvalue weighted by atomic mass is 32.2. The van der Waals surface area contributed by atoms with Crippen molar-refractivity contribution in [3.63, 3.8) is 0 Å². The van der Waals surface area contributed by atoms with Gasteiger partial charge in [-0.3, -0.25) is 9.59 Å². The number of H-pyrrole nitrogens is 1. The number of benzene rings is 2. The molecule has 4 N–H and O–H groups in total. The van der Waals surface area contributed by atoms with Crippen molar-refractivity contribution in [3.8, 4) is 11.1 Å². The summed E-state index contributed by atoms with van der Waals surface area (Å²) in [5.74, 6) is -0.484. The largest absolute Gasteiger partial charge is 0.467 e. The zero-order chi connectivity index (χ0) is 24.5. The van der Waals surface area contributed by atoms with E-state index in [-0.39, 0.29) is 5.78 Å². The molecule has 0 unspecified atom stereocenters. The monoisotopic (exact) mass is 480 g/mol. The number of nitrogens with one attached hydrogen (secondary N) is 2. The van der Waals surface area contributed by atoms with Crippen LogP contribution in [-0.2, 0) is 16.0 Å². The number of aromatic amines is 1. The molecule has 34 heavy (non-hydrogen) atoms. The normalized spacial score (nSPS) is 12.6. The number of carbonyl (C=O) groups excluding carboxylic acids is 3. The van der Waals surface area contributed by atoms with Gasteiger partial charge in [0.2, 0.25) is 0 Å². The van der Waals surface area contributed by atoms with Gasteiger partial charge in [0, 0.05) is 23.7 Å². The SMILES string of the molecule is COC(=O)[C@H](CCSC)NC(=O)c1ccc(C(=O)[C@@H](N)Cc2c[nH]cn2)cc1-c1ccccc1. The lowest BCUT2D eigenvalue weighted by Crippen LogP contribution is -2.42. The molecule has 0 bridgehead atoms. The smallest absolute Gasteiger partial charge is 0.328 e. The number of rotatable bonds is 11. The summed E-state index contributed by atoms with van der Waals surface area (Å²) < 4.78 is 4.85. The predicted octanol–water partition coefficient (Wildman–Crippen LogP) is 2.85. The average molecular weight is 481 g/mol. The summed E-state index contributed by atoms with van der Waals surface area (Å²) in [7, 11) is 1.29. The topological polar surface area (TPSA) is 127 Å². The molecule has 0 aliphatic heterocycles. The standard InChI is InChI=1S/C25H28N4O4S/c1-33-25(32)22(10-11-34-2)29-24(31)19-9-8-17(12-20(19)16-6-4-3-5-7-16)23(30)21(26)13-18-14-27-15-28-18/h3-9,12,14-15,21-22H,10-11,13,26H2,1-2H3,(H,27,28)(H,29,31)/t21-,22-/m0/s1. The lowest BCUT2D eigenvalue weighted by molar-refractivity contribution is -0.142. The molecular formula is C25H28N4O4S. The molecule has 0 saturated heterocycles. The molecule has 0 spiro atoms. The highest BCUT2D eigenvalue weighted by Crippen LogP contribution is 2.26. The summed E-state index contributed by atoms with van der Waals surface area (Å²) in [6.45, 7) is 0. The Hall–Kier alpha value is -3.43. The second-order valence-electron chi connectivity index (χ2n) is 7.69. The number of ketones is 1. The molecule has 178 valence electrons. The summed E-state index contributed by atoms with van der Waals surface area (Å²) in [6.07, 6.45) is 5.90. The third-order valence-corrected chi connectivity index (χ3v) is 6.00. The number of hydrogen-bond acceptors (Lipinski definition) is 7. The van der Waals surface area contributed by atoms with Crippen LogP contribution in [0.3, 0.4) is 0 Å². The quantitative estimate of drug-likeness (QED) is 0.284. The molecule has 1 aromatic heterocycles. The molecule has 0 radical (unpaired) electrons. The summed E-state index contributed by atoms with van der Waals surface area (Å²) in [6, 6.07) is 12.6. The van der Waals surface area contributed by atoms with Crippen molar-refractivity contribution in [1.82, 2.24) is 15.3 Å². The maximum absolute atomic E-state index is 13.2. The van der Waals surface area contributed by atoms with Gasteiger partial charge in [0.15, 0.2) is 5.78 Å². The van der Waals surface area contributed by atoms with E-state index in [2.05, 4.69) is 15.3 Å². The van der Waals surface area contributed by atoms with Crippen LogP contribution in [0.4, 0.5) is 0 Å². The van der Waals surface area contributed by atoms with E-state index < -0.39 is 24.0 Å². The van der Waals surface area contributed by atoms with Gasteiger partial charge in [-0.1, -0.05) is 36.4 Å². The van der Waals surface area contributed by atoms with E-state index in [9.17, 15) is 14.4 Å². The molecule has 2 aromatic carbocycles.